The van der Waals surface area contributed by atoms with Crippen LogP contribution in [0.2, 0.25) is 0 Å². The van der Waals surface area contributed by atoms with Gasteiger partial charge in [0, 0.05) is 12.0 Å². The van der Waals surface area contributed by atoms with Crippen LogP contribution in [0.25, 0.3) is 0 Å². The molecule has 0 aliphatic heterocycles. The van der Waals surface area contributed by atoms with E-state index in [-0.39, 0.29) is 0 Å². The van der Waals surface area contributed by atoms with Gasteiger partial charge in [0.2, 0.25) is 0 Å². The maximum absolute atomic E-state index is 5.54. The van der Waals surface area contributed by atoms with Gasteiger partial charge in [-0.1, -0.05) is 43.3 Å². The van der Waals surface area contributed by atoms with Gasteiger partial charge in [-0.05, 0) is 48.7 Å². The first-order chi connectivity index (χ1) is 10.3. The van der Waals surface area contributed by atoms with E-state index in [2.05, 4.69) is 60.8 Å². The van der Waals surface area contributed by atoms with E-state index in [1.807, 2.05) is 6.92 Å². The van der Waals surface area contributed by atoms with Gasteiger partial charge in [-0.15, -0.1) is 0 Å². The number of hydrogen-bond acceptors (Lipinski definition) is 2. The van der Waals surface area contributed by atoms with Crippen molar-refractivity contribution >= 4 is 0 Å². The molecule has 1 aliphatic carbocycles. The number of hydrogen-bond donors (Lipinski definition) is 1. The molecule has 3 rings (SSSR count). The molecule has 2 unspecified atom stereocenters. The van der Waals surface area contributed by atoms with Gasteiger partial charge < -0.3 is 10.1 Å². The summed E-state index contributed by atoms with van der Waals surface area (Å²) in [6.07, 6.45) is 1.17. The molecule has 0 amide bonds. The monoisotopic (exact) mass is 281 g/mol. The Morgan fingerprint density at radius 3 is 2.52 bits per heavy atom. The van der Waals surface area contributed by atoms with Crippen molar-refractivity contribution in [3.05, 3.63) is 65.2 Å². The van der Waals surface area contributed by atoms with Gasteiger partial charge in [-0.25, -0.2) is 0 Å². The Bertz CT molecular complexity index is 591. The van der Waals surface area contributed by atoms with E-state index in [1.54, 1.807) is 0 Å². The average molecular weight is 281 g/mol. The van der Waals surface area contributed by atoms with E-state index < -0.39 is 0 Å². The lowest BCUT2D eigenvalue weighted by Crippen LogP contribution is -2.33. The Labute approximate surface area is 127 Å². The van der Waals surface area contributed by atoms with Crippen LogP contribution in [0.3, 0.4) is 0 Å². The molecule has 2 aromatic rings. The molecule has 2 aromatic carbocycles. The fourth-order valence-electron chi connectivity index (χ4n) is 3.25. The maximum atomic E-state index is 5.54. The number of benzene rings is 2. The second kappa shape index (κ2) is 6.31. The summed E-state index contributed by atoms with van der Waals surface area (Å²) in [5.74, 6) is 1.53. The van der Waals surface area contributed by atoms with Gasteiger partial charge in [-0.3, -0.25) is 0 Å². The molecule has 0 heterocycles. The van der Waals surface area contributed by atoms with Crippen LogP contribution in [0.5, 0.6) is 5.75 Å². The molecule has 0 aromatic heterocycles. The molecule has 2 nitrogen and oxygen atoms in total. The van der Waals surface area contributed by atoms with Crippen LogP contribution in [0.4, 0.5) is 0 Å². The summed E-state index contributed by atoms with van der Waals surface area (Å²) < 4.78 is 5.54. The van der Waals surface area contributed by atoms with E-state index in [0.29, 0.717) is 18.6 Å². The van der Waals surface area contributed by atoms with Gasteiger partial charge in [0.1, 0.15) is 5.75 Å². The van der Waals surface area contributed by atoms with Crippen LogP contribution in [0, 0.1) is 0 Å². The molecule has 110 valence electrons. The number of nitrogens with one attached hydrogen (secondary N) is 1. The molecule has 2 heteroatoms. The van der Waals surface area contributed by atoms with Crippen molar-refractivity contribution in [3.63, 3.8) is 0 Å². The summed E-state index contributed by atoms with van der Waals surface area (Å²) in [5, 5.41) is 3.65. The van der Waals surface area contributed by atoms with Gasteiger partial charge in [0.05, 0.1) is 6.61 Å². The van der Waals surface area contributed by atoms with Gasteiger partial charge in [0.25, 0.3) is 0 Å². The van der Waals surface area contributed by atoms with Crippen LogP contribution in [-0.2, 0) is 6.42 Å². The summed E-state index contributed by atoms with van der Waals surface area (Å²) in [6.45, 7) is 5.88. The zero-order chi connectivity index (χ0) is 14.7. The third-order valence-corrected chi connectivity index (χ3v) is 4.27. The van der Waals surface area contributed by atoms with Crippen LogP contribution in [-0.4, -0.2) is 13.2 Å². The molecule has 0 fully saturated rings. The van der Waals surface area contributed by atoms with Crippen LogP contribution < -0.4 is 10.1 Å². The topological polar surface area (TPSA) is 21.3 Å². The smallest absolute Gasteiger partial charge is 0.119 e. The Morgan fingerprint density at radius 1 is 1.10 bits per heavy atom. The van der Waals surface area contributed by atoms with E-state index in [1.165, 1.54) is 23.1 Å². The van der Waals surface area contributed by atoms with Gasteiger partial charge in [-0.2, -0.15) is 0 Å². The zero-order valence-electron chi connectivity index (χ0n) is 12.8. The highest BCUT2D eigenvalue weighted by molar-refractivity contribution is 5.43. The zero-order valence-corrected chi connectivity index (χ0v) is 12.8. The Morgan fingerprint density at radius 2 is 1.86 bits per heavy atom. The summed E-state index contributed by atoms with van der Waals surface area (Å²) in [7, 11) is 0. The Hall–Kier alpha value is -1.80. The molecule has 1 aliphatic rings. The van der Waals surface area contributed by atoms with Crippen molar-refractivity contribution < 1.29 is 4.74 Å². The van der Waals surface area contributed by atoms with Crippen molar-refractivity contribution in [1.82, 2.24) is 5.32 Å². The van der Waals surface area contributed by atoms with E-state index in [4.69, 9.17) is 4.74 Å². The lowest BCUT2D eigenvalue weighted by atomic mass is 9.71. The highest BCUT2D eigenvalue weighted by Gasteiger charge is 2.33. The summed E-state index contributed by atoms with van der Waals surface area (Å²) >= 11 is 0. The molecule has 1 N–H and O–H groups in total. The standard InChI is InChI=1S/C19H23NO/c1-3-20-19(14-9-11-16(12-10-14)21-4-2)18-13-15-7-5-6-8-17(15)18/h5-12,18-20H,3-4,13H2,1-2H3. The number of ether oxygens (including phenoxy) is 1. The first-order valence-electron chi connectivity index (χ1n) is 7.87. The van der Waals surface area contributed by atoms with Gasteiger partial charge in [0.15, 0.2) is 0 Å². The van der Waals surface area contributed by atoms with Crippen molar-refractivity contribution in [2.24, 2.45) is 0 Å². The predicted octanol–water partition coefficient (Wildman–Crippen LogP) is 4.08. The molecule has 0 saturated carbocycles. The predicted molar refractivity (Wildman–Crippen MR) is 86.9 cm³/mol. The van der Waals surface area contributed by atoms with Crippen LogP contribution in [0.15, 0.2) is 48.5 Å². The maximum Gasteiger partial charge on any atom is 0.119 e. The fourth-order valence-corrected chi connectivity index (χ4v) is 3.25. The third-order valence-electron chi connectivity index (χ3n) is 4.27. The molecule has 0 saturated heterocycles. The summed E-state index contributed by atoms with van der Waals surface area (Å²) in [4.78, 5) is 0. The highest BCUT2D eigenvalue weighted by atomic mass is 16.5. The Balaban J connectivity index is 1.82. The SMILES string of the molecule is CCNC(c1ccc(OCC)cc1)C1Cc2ccccc21. The largest absolute Gasteiger partial charge is 0.494 e. The van der Waals surface area contributed by atoms with Gasteiger partial charge >= 0.3 is 0 Å². The first kappa shape index (κ1) is 14.2. The van der Waals surface area contributed by atoms with E-state index in [0.717, 1.165) is 12.3 Å². The molecular weight excluding hydrogens is 258 g/mol. The minimum Gasteiger partial charge on any atom is -0.494 e. The summed E-state index contributed by atoms with van der Waals surface area (Å²) in [5.41, 5.74) is 4.34. The first-order valence-corrected chi connectivity index (χ1v) is 7.87. The quantitative estimate of drug-likeness (QED) is 0.861. The van der Waals surface area contributed by atoms with Crippen molar-refractivity contribution in [3.8, 4) is 5.75 Å². The third kappa shape index (κ3) is 2.81. The number of fused-ring (bicyclic) bond motifs is 1. The van der Waals surface area contributed by atoms with E-state index in [9.17, 15) is 0 Å². The molecule has 21 heavy (non-hydrogen) atoms. The normalized spacial score (nSPS) is 17.7. The summed E-state index contributed by atoms with van der Waals surface area (Å²) in [6, 6.07) is 17.7. The molecule has 0 spiro atoms. The number of likely N-dealkylation sites (N-methyl/N-ethyl adjacent to an activating group) is 1. The fraction of sp³-hybridized carbons (Fsp3) is 0.368. The van der Waals surface area contributed by atoms with Crippen LogP contribution >= 0.6 is 0 Å². The second-order valence-corrected chi connectivity index (χ2v) is 5.55. The molecule has 2 atom stereocenters. The molecule has 0 radical (unpaired) electrons. The number of rotatable bonds is 6. The van der Waals surface area contributed by atoms with Crippen molar-refractivity contribution in [1.29, 1.82) is 0 Å². The second-order valence-electron chi connectivity index (χ2n) is 5.55. The molecule has 0 bridgehead atoms. The minimum atomic E-state index is 0.389. The lowest BCUT2D eigenvalue weighted by molar-refractivity contribution is 0.339. The average Bonchev–Trinajstić information content (AvgIpc) is 2.49. The lowest BCUT2D eigenvalue weighted by Gasteiger charge is -2.37. The Kier molecular flexibility index (Phi) is 4.26. The van der Waals surface area contributed by atoms with Crippen molar-refractivity contribution in [2.45, 2.75) is 32.2 Å². The highest BCUT2D eigenvalue weighted by Crippen LogP contribution is 2.43. The van der Waals surface area contributed by atoms with Crippen LogP contribution in [0.1, 0.15) is 42.5 Å². The minimum absolute atomic E-state index is 0.389. The van der Waals surface area contributed by atoms with Crippen molar-refractivity contribution in [2.75, 3.05) is 13.2 Å². The van der Waals surface area contributed by atoms with E-state index >= 15 is 0 Å². The molecular formula is C19H23NO.